The Morgan fingerprint density at radius 1 is 1.67 bits per heavy atom. The van der Waals surface area contributed by atoms with Gasteiger partial charge in [0.15, 0.2) is 5.82 Å². The number of hydrogen-bond acceptors (Lipinski definition) is 4. The van der Waals surface area contributed by atoms with E-state index in [0.29, 0.717) is 5.82 Å². The van der Waals surface area contributed by atoms with Crippen LogP contribution in [0, 0.1) is 0 Å². The molecule has 2 N–H and O–H groups in total. The summed E-state index contributed by atoms with van der Waals surface area (Å²) < 4.78 is 0. The molecule has 0 aliphatic rings. The van der Waals surface area contributed by atoms with Crippen LogP contribution < -0.4 is 5.32 Å². The van der Waals surface area contributed by atoms with E-state index >= 15 is 0 Å². The monoisotopic (exact) mass is 127 g/mol. The number of nitrogens with zero attached hydrogens (tertiary/aromatic N) is 3. The molecule has 0 aromatic carbocycles. The van der Waals surface area contributed by atoms with Crippen molar-refractivity contribution in [3.8, 4) is 0 Å². The molecule has 1 aromatic rings. The van der Waals surface area contributed by atoms with Crippen LogP contribution in [0.5, 0.6) is 0 Å². The number of hydrogen-bond donors (Lipinski definition) is 2. The third-order valence-electron chi connectivity index (χ3n) is 1.18. The highest BCUT2D eigenvalue weighted by atomic mass is 15.5. The Balaban J connectivity index is 2.65. The van der Waals surface area contributed by atoms with Gasteiger partial charge in [0.05, 0.1) is 6.04 Å². The summed E-state index contributed by atoms with van der Waals surface area (Å²) in [6.45, 7) is 1.96. The minimum atomic E-state index is 0.170. The minimum Gasteiger partial charge on any atom is -0.310 e. The molecule has 1 atom stereocenters. The van der Waals surface area contributed by atoms with Gasteiger partial charge in [0.1, 0.15) is 0 Å². The molecular formula is C4H9N5. The third kappa shape index (κ3) is 1.23. The molecular weight excluding hydrogens is 118 g/mol. The highest BCUT2D eigenvalue weighted by Crippen LogP contribution is 1.99. The molecule has 0 spiro atoms. The second kappa shape index (κ2) is 2.54. The van der Waals surface area contributed by atoms with Crippen molar-refractivity contribution in [2.24, 2.45) is 0 Å². The molecule has 1 heterocycles. The van der Waals surface area contributed by atoms with Crippen molar-refractivity contribution in [3.63, 3.8) is 0 Å². The van der Waals surface area contributed by atoms with E-state index in [-0.39, 0.29) is 6.04 Å². The fraction of sp³-hybridized carbons (Fsp3) is 0.750. The van der Waals surface area contributed by atoms with Crippen LogP contribution in [0.25, 0.3) is 0 Å². The molecule has 0 radical (unpaired) electrons. The van der Waals surface area contributed by atoms with E-state index in [9.17, 15) is 0 Å². The van der Waals surface area contributed by atoms with Crippen LogP contribution in [-0.2, 0) is 0 Å². The lowest BCUT2D eigenvalue weighted by molar-refractivity contribution is 0.611. The summed E-state index contributed by atoms with van der Waals surface area (Å²) in [5.74, 6) is 0.692. The number of nitrogens with one attached hydrogen (secondary N) is 2. The van der Waals surface area contributed by atoms with Gasteiger partial charge in [-0.25, -0.2) is 0 Å². The average Bonchev–Trinajstić information content (AvgIpc) is 2.37. The number of aromatic nitrogens is 4. The lowest BCUT2D eigenvalue weighted by atomic mass is 10.3. The minimum absolute atomic E-state index is 0.170. The Hall–Kier alpha value is -0.970. The van der Waals surface area contributed by atoms with Gasteiger partial charge in [-0.15, -0.1) is 10.2 Å². The van der Waals surface area contributed by atoms with Gasteiger partial charge in [-0.1, -0.05) is 5.21 Å². The summed E-state index contributed by atoms with van der Waals surface area (Å²) in [6.07, 6.45) is 0. The fourth-order valence-corrected chi connectivity index (χ4v) is 0.482. The van der Waals surface area contributed by atoms with Crippen molar-refractivity contribution < 1.29 is 0 Å². The summed E-state index contributed by atoms with van der Waals surface area (Å²) in [6, 6.07) is 0.170. The van der Waals surface area contributed by atoms with Crippen LogP contribution in [0.2, 0.25) is 0 Å². The van der Waals surface area contributed by atoms with Crippen LogP contribution in [0.4, 0.5) is 0 Å². The Labute approximate surface area is 52.8 Å². The van der Waals surface area contributed by atoms with Crippen molar-refractivity contribution in [2.75, 3.05) is 7.05 Å². The SMILES string of the molecule is CN[C@@H](C)c1nn[nH]n1. The molecule has 1 aromatic heterocycles. The number of aromatic amines is 1. The largest absolute Gasteiger partial charge is 0.310 e. The third-order valence-corrected chi connectivity index (χ3v) is 1.18. The van der Waals surface area contributed by atoms with Crippen molar-refractivity contribution in [2.45, 2.75) is 13.0 Å². The zero-order chi connectivity index (χ0) is 6.69. The highest BCUT2D eigenvalue weighted by molar-refractivity contribution is 4.84. The molecule has 9 heavy (non-hydrogen) atoms. The summed E-state index contributed by atoms with van der Waals surface area (Å²) >= 11 is 0. The van der Waals surface area contributed by atoms with E-state index in [0.717, 1.165) is 0 Å². The van der Waals surface area contributed by atoms with Crippen molar-refractivity contribution in [1.29, 1.82) is 0 Å². The Morgan fingerprint density at radius 3 is 2.89 bits per heavy atom. The lowest BCUT2D eigenvalue weighted by Crippen LogP contribution is -2.13. The van der Waals surface area contributed by atoms with Crippen LogP contribution in [0.1, 0.15) is 18.8 Å². The van der Waals surface area contributed by atoms with E-state index in [1.54, 1.807) is 0 Å². The number of rotatable bonds is 2. The van der Waals surface area contributed by atoms with E-state index in [4.69, 9.17) is 0 Å². The van der Waals surface area contributed by atoms with Gasteiger partial charge in [-0.2, -0.15) is 5.21 Å². The first-order valence-corrected chi connectivity index (χ1v) is 2.75. The molecule has 0 fully saturated rings. The van der Waals surface area contributed by atoms with E-state index in [1.165, 1.54) is 0 Å². The number of tetrazole rings is 1. The zero-order valence-electron chi connectivity index (χ0n) is 5.42. The highest BCUT2D eigenvalue weighted by Gasteiger charge is 2.04. The molecule has 0 aliphatic carbocycles. The van der Waals surface area contributed by atoms with Gasteiger partial charge in [0.2, 0.25) is 0 Å². The first kappa shape index (κ1) is 6.15. The molecule has 50 valence electrons. The predicted molar refractivity (Wildman–Crippen MR) is 31.7 cm³/mol. The van der Waals surface area contributed by atoms with Crippen LogP contribution in [0.3, 0.4) is 0 Å². The molecule has 0 unspecified atom stereocenters. The summed E-state index contributed by atoms with van der Waals surface area (Å²) in [4.78, 5) is 0. The normalized spacial score (nSPS) is 13.6. The van der Waals surface area contributed by atoms with Crippen molar-refractivity contribution >= 4 is 0 Å². The van der Waals surface area contributed by atoms with Crippen LogP contribution >= 0.6 is 0 Å². The first-order chi connectivity index (χ1) is 4.34. The molecule has 0 saturated carbocycles. The molecule has 5 heteroatoms. The van der Waals surface area contributed by atoms with Crippen LogP contribution in [0.15, 0.2) is 0 Å². The average molecular weight is 127 g/mol. The Morgan fingerprint density at radius 2 is 2.44 bits per heavy atom. The van der Waals surface area contributed by atoms with Gasteiger partial charge in [0, 0.05) is 0 Å². The van der Waals surface area contributed by atoms with Gasteiger partial charge < -0.3 is 5.32 Å². The second-order valence-corrected chi connectivity index (χ2v) is 1.78. The van der Waals surface area contributed by atoms with E-state index in [1.807, 2.05) is 14.0 Å². The summed E-state index contributed by atoms with van der Waals surface area (Å²) in [5.41, 5.74) is 0. The quantitative estimate of drug-likeness (QED) is 0.561. The topological polar surface area (TPSA) is 66.5 Å². The Kier molecular flexibility index (Phi) is 1.74. The maximum absolute atomic E-state index is 3.78. The maximum Gasteiger partial charge on any atom is 0.191 e. The first-order valence-electron chi connectivity index (χ1n) is 2.75. The van der Waals surface area contributed by atoms with Gasteiger partial charge in [-0.05, 0) is 14.0 Å². The van der Waals surface area contributed by atoms with E-state index in [2.05, 4.69) is 25.9 Å². The molecule has 0 aliphatic heterocycles. The predicted octanol–water partition coefficient (Wildman–Crippen LogP) is -0.520. The van der Waals surface area contributed by atoms with Crippen LogP contribution in [-0.4, -0.2) is 27.7 Å². The fourth-order valence-electron chi connectivity index (χ4n) is 0.482. The second-order valence-electron chi connectivity index (χ2n) is 1.78. The zero-order valence-corrected chi connectivity index (χ0v) is 5.42. The van der Waals surface area contributed by atoms with Crippen molar-refractivity contribution in [1.82, 2.24) is 25.9 Å². The Bertz CT molecular complexity index is 157. The lowest BCUT2D eigenvalue weighted by Gasteiger charge is -2.00. The molecule has 1 rings (SSSR count). The van der Waals surface area contributed by atoms with Gasteiger partial charge in [0.25, 0.3) is 0 Å². The van der Waals surface area contributed by atoms with Crippen molar-refractivity contribution in [3.05, 3.63) is 5.82 Å². The smallest absolute Gasteiger partial charge is 0.191 e. The molecule has 5 nitrogen and oxygen atoms in total. The van der Waals surface area contributed by atoms with Gasteiger partial charge >= 0.3 is 0 Å². The molecule has 0 saturated heterocycles. The standard InChI is InChI=1S/C4H9N5/c1-3(5-2)4-6-8-9-7-4/h3,5H,1-2H3,(H,6,7,8,9)/t3-/m0/s1. The summed E-state index contributed by atoms with van der Waals surface area (Å²) in [5, 5.41) is 16.3. The molecule has 0 amide bonds. The molecule has 0 bridgehead atoms. The number of H-pyrrole nitrogens is 1. The maximum atomic E-state index is 3.78. The van der Waals surface area contributed by atoms with E-state index < -0.39 is 0 Å². The van der Waals surface area contributed by atoms with Gasteiger partial charge in [-0.3, -0.25) is 0 Å². The summed E-state index contributed by atoms with van der Waals surface area (Å²) in [7, 11) is 1.85.